The van der Waals surface area contributed by atoms with Crippen molar-refractivity contribution in [2.45, 2.75) is 13.3 Å². The summed E-state index contributed by atoms with van der Waals surface area (Å²) in [5.74, 6) is -0.149. The first-order chi connectivity index (χ1) is 13.5. The highest BCUT2D eigenvalue weighted by molar-refractivity contribution is 9.10. The maximum Gasteiger partial charge on any atom is 0.231 e. The van der Waals surface area contributed by atoms with Crippen LogP contribution in [0.4, 0.5) is 11.5 Å². The van der Waals surface area contributed by atoms with Gasteiger partial charge in [0, 0.05) is 29.2 Å². The Kier molecular flexibility index (Phi) is 5.00. The summed E-state index contributed by atoms with van der Waals surface area (Å²) in [4.78, 5) is 26.9. The summed E-state index contributed by atoms with van der Waals surface area (Å²) in [6.45, 7) is 2.25. The minimum absolute atomic E-state index is 0.0569. The largest absolute Gasteiger partial charge is 0.310 e. The van der Waals surface area contributed by atoms with Crippen molar-refractivity contribution in [2.75, 3.05) is 16.8 Å². The molecule has 1 atom stereocenters. The second-order valence-electron chi connectivity index (χ2n) is 6.79. The number of halogens is 1. The fourth-order valence-electron chi connectivity index (χ4n) is 3.30. The highest BCUT2D eigenvalue weighted by Crippen LogP contribution is 2.31. The van der Waals surface area contributed by atoms with Crippen LogP contribution in [0.1, 0.15) is 12.0 Å². The van der Waals surface area contributed by atoms with Crippen LogP contribution in [0.3, 0.4) is 0 Å². The SMILES string of the molecule is Cc1cn(-c2ccccc2)nc1NC(=O)C1CC(=O)N(c2ccccc2Br)C1. The van der Waals surface area contributed by atoms with Gasteiger partial charge in [0.05, 0.1) is 17.3 Å². The lowest BCUT2D eigenvalue weighted by Gasteiger charge is -2.18. The molecule has 142 valence electrons. The zero-order chi connectivity index (χ0) is 19.7. The molecule has 1 N–H and O–H groups in total. The van der Waals surface area contributed by atoms with Gasteiger partial charge in [0.25, 0.3) is 0 Å². The number of hydrogen-bond acceptors (Lipinski definition) is 3. The summed E-state index contributed by atoms with van der Waals surface area (Å²) >= 11 is 3.47. The van der Waals surface area contributed by atoms with E-state index in [1.807, 2.05) is 67.7 Å². The third-order valence-corrected chi connectivity index (χ3v) is 5.47. The number of nitrogens with zero attached hydrogens (tertiary/aromatic N) is 3. The summed E-state index contributed by atoms with van der Waals surface area (Å²) in [5, 5.41) is 7.37. The molecule has 28 heavy (non-hydrogen) atoms. The summed E-state index contributed by atoms with van der Waals surface area (Å²) in [7, 11) is 0. The van der Waals surface area contributed by atoms with Gasteiger partial charge in [-0.05, 0) is 47.1 Å². The molecule has 1 saturated heterocycles. The number of hydrogen-bond donors (Lipinski definition) is 1. The summed E-state index contributed by atoms with van der Waals surface area (Å²) in [6.07, 6.45) is 2.06. The van der Waals surface area contributed by atoms with Crippen LogP contribution in [0, 0.1) is 12.8 Å². The molecule has 1 unspecified atom stereocenters. The normalized spacial score (nSPS) is 16.4. The predicted molar refractivity (Wildman–Crippen MR) is 112 cm³/mol. The number of carbonyl (C=O) groups excluding carboxylic acids is 2. The zero-order valence-electron chi connectivity index (χ0n) is 15.3. The number of nitrogens with one attached hydrogen (secondary N) is 1. The fraction of sp³-hybridized carbons (Fsp3) is 0.190. The van der Waals surface area contributed by atoms with E-state index in [0.29, 0.717) is 12.4 Å². The quantitative estimate of drug-likeness (QED) is 0.670. The summed E-state index contributed by atoms with van der Waals surface area (Å²) < 4.78 is 2.57. The Morgan fingerprint density at radius 3 is 2.61 bits per heavy atom. The molecule has 7 heteroatoms. The molecule has 3 aromatic rings. The van der Waals surface area contributed by atoms with Crippen molar-refractivity contribution in [3.05, 3.63) is 70.8 Å². The fourth-order valence-corrected chi connectivity index (χ4v) is 3.80. The van der Waals surface area contributed by atoms with Crippen molar-refractivity contribution >= 4 is 39.2 Å². The van der Waals surface area contributed by atoms with E-state index in [2.05, 4.69) is 26.3 Å². The zero-order valence-corrected chi connectivity index (χ0v) is 16.9. The lowest BCUT2D eigenvalue weighted by molar-refractivity contribution is -0.122. The number of benzene rings is 2. The van der Waals surface area contributed by atoms with E-state index in [1.54, 1.807) is 9.58 Å². The van der Waals surface area contributed by atoms with Crippen LogP contribution in [0.25, 0.3) is 5.69 Å². The average Bonchev–Trinajstić information content (AvgIpc) is 3.26. The Morgan fingerprint density at radius 2 is 1.86 bits per heavy atom. The molecule has 2 aromatic carbocycles. The lowest BCUT2D eigenvalue weighted by Crippen LogP contribution is -2.28. The van der Waals surface area contributed by atoms with Crippen molar-refractivity contribution in [1.29, 1.82) is 0 Å². The maximum atomic E-state index is 12.8. The van der Waals surface area contributed by atoms with E-state index in [0.717, 1.165) is 21.4 Å². The van der Waals surface area contributed by atoms with Gasteiger partial charge in [0.15, 0.2) is 5.82 Å². The van der Waals surface area contributed by atoms with Crippen LogP contribution in [0.5, 0.6) is 0 Å². The maximum absolute atomic E-state index is 12.8. The Labute approximate surface area is 171 Å². The number of aromatic nitrogens is 2. The van der Waals surface area contributed by atoms with Gasteiger partial charge >= 0.3 is 0 Å². The van der Waals surface area contributed by atoms with Crippen LogP contribution in [-0.4, -0.2) is 28.1 Å². The topological polar surface area (TPSA) is 67.2 Å². The van der Waals surface area contributed by atoms with Gasteiger partial charge in [-0.1, -0.05) is 30.3 Å². The van der Waals surface area contributed by atoms with Gasteiger partial charge in [-0.15, -0.1) is 5.10 Å². The Bertz CT molecular complexity index is 1030. The molecule has 4 rings (SSSR count). The Hall–Kier alpha value is -2.93. The first kappa shape index (κ1) is 18.4. The molecule has 6 nitrogen and oxygen atoms in total. The minimum atomic E-state index is -0.416. The van der Waals surface area contributed by atoms with Crippen molar-refractivity contribution in [3.8, 4) is 5.69 Å². The van der Waals surface area contributed by atoms with Gasteiger partial charge in [0.2, 0.25) is 11.8 Å². The van der Waals surface area contributed by atoms with E-state index in [1.165, 1.54) is 0 Å². The molecule has 0 saturated carbocycles. The number of amides is 2. The highest BCUT2D eigenvalue weighted by Gasteiger charge is 2.36. The van der Waals surface area contributed by atoms with Gasteiger partial charge in [-0.3, -0.25) is 9.59 Å². The molecule has 2 amide bonds. The molecule has 1 aliphatic rings. The molecule has 1 aromatic heterocycles. The van der Waals surface area contributed by atoms with Crippen LogP contribution in [0.2, 0.25) is 0 Å². The van der Waals surface area contributed by atoms with E-state index < -0.39 is 5.92 Å². The standard InChI is InChI=1S/C21H19BrN4O2/c1-14-12-26(16-7-3-2-4-8-16)24-20(14)23-21(28)15-11-19(27)25(13-15)18-10-6-5-9-17(18)22/h2-10,12,15H,11,13H2,1H3,(H,23,24,28). The van der Waals surface area contributed by atoms with Crippen LogP contribution in [0.15, 0.2) is 65.3 Å². The van der Waals surface area contributed by atoms with Crippen LogP contribution in [-0.2, 0) is 9.59 Å². The number of aryl methyl sites for hydroxylation is 1. The molecule has 1 aliphatic heterocycles. The molecular weight excluding hydrogens is 420 g/mol. The molecule has 0 spiro atoms. The van der Waals surface area contributed by atoms with Crippen molar-refractivity contribution in [3.63, 3.8) is 0 Å². The predicted octanol–water partition coefficient (Wildman–Crippen LogP) is 3.93. The number of para-hydroxylation sites is 2. The van der Waals surface area contributed by atoms with Gasteiger partial charge in [0.1, 0.15) is 0 Å². The summed E-state index contributed by atoms with van der Waals surface area (Å²) in [5.41, 5.74) is 2.57. The van der Waals surface area contributed by atoms with Crippen LogP contribution < -0.4 is 10.2 Å². The number of anilines is 2. The van der Waals surface area contributed by atoms with Gasteiger partial charge in [-0.2, -0.15) is 0 Å². The second kappa shape index (κ2) is 7.59. The second-order valence-corrected chi connectivity index (χ2v) is 7.64. The van der Waals surface area contributed by atoms with Crippen molar-refractivity contribution in [2.24, 2.45) is 5.92 Å². The summed E-state index contributed by atoms with van der Waals surface area (Å²) in [6, 6.07) is 17.2. The molecule has 0 radical (unpaired) electrons. The Balaban J connectivity index is 1.48. The smallest absolute Gasteiger partial charge is 0.231 e. The average molecular weight is 439 g/mol. The molecular formula is C21H19BrN4O2. The van der Waals surface area contributed by atoms with E-state index in [4.69, 9.17) is 0 Å². The van der Waals surface area contributed by atoms with Crippen molar-refractivity contribution in [1.82, 2.24) is 9.78 Å². The third kappa shape index (κ3) is 3.57. The third-order valence-electron chi connectivity index (χ3n) is 4.80. The van der Waals surface area contributed by atoms with Gasteiger partial charge in [-0.25, -0.2) is 4.68 Å². The first-order valence-corrected chi connectivity index (χ1v) is 9.79. The monoisotopic (exact) mass is 438 g/mol. The first-order valence-electron chi connectivity index (χ1n) is 9.00. The lowest BCUT2D eigenvalue weighted by atomic mass is 10.1. The molecule has 0 bridgehead atoms. The number of rotatable bonds is 4. The minimum Gasteiger partial charge on any atom is -0.310 e. The highest BCUT2D eigenvalue weighted by atomic mass is 79.9. The molecule has 2 heterocycles. The van der Waals surface area contributed by atoms with Crippen molar-refractivity contribution < 1.29 is 9.59 Å². The van der Waals surface area contributed by atoms with E-state index in [-0.39, 0.29) is 18.2 Å². The van der Waals surface area contributed by atoms with E-state index >= 15 is 0 Å². The molecule has 1 fully saturated rings. The van der Waals surface area contributed by atoms with Crippen LogP contribution >= 0.6 is 15.9 Å². The number of carbonyl (C=O) groups is 2. The Morgan fingerprint density at radius 1 is 1.14 bits per heavy atom. The molecule has 0 aliphatic carbocycles. The van der Waals surface area contributed by atoms with Gasteiger partial charge < -0.3 is 10.2 Å². The van der Waals surface area contributed by atoms with E-state index in [9.17, 15) is 9.59 Å².